The number of hydrogen-bond acceptors (Lipinski definition) is 12. The highest BCUT2D eigenvalue weighted by Gasteiger charge is 2.27. The number of benzene rings is 2. The molecule has 8 aromatic rings. The summed E-state index contributed by atoms with van der Waals surface area (Å²) in [6, 6.07) is 10.6. The van der Waals surface area contributed by atoms with Gasteiger partial charge in [-0.1, -0.05) is 34.3 Å². The lowest BCUT2D eigenvalue weighted by atomic mass is 10.1. The number of nitrogens with zero attached hydrogens (tertiary/aromatic N) is 11. The molecule has 0 radical (unpaired) electrons. The molecule has 18 nitrogen and oxygen atoms in total. The maximum Gasteiger partial charge on any atom is 0.248 e. The van der Waals surface area contributed by atoms with Crippen LogP contribution in [0.1, 0.15) is 66.2 Å². The smallest absolute Gasteiger partial charge is 0.248 e. The summed E-state index contributed by atoms with van der Waals surface area (Å²) < 4.78 is 25.9. The van der Waals surface area contributed by atoms with Gasteiger partial charge in [0.2, 0.25) is 11.8 Å². The van der Waals surface area contributed by atoms with Crippen LogP contribution in [-0.4, -0.2) is 112 Å². The van der Waals surface area contributed by atoms with Gasteiger partial charge in [-0.3, -0.25) is 23.9 Å². The highest BCUT2D eigenvalue weighted by atomic mass is 35.5. The van der Waals surface area contributed by atoms with Crippen molar-refractivity contribution < 1.29 is 23.8 Å². The second-order valence-electron chi connectivity index (χ2n) is 17.1. The molecule has 354 valence electrons. The molecule has 0 unspecified atom stereocenters. The summed E-state index contributed by atoms with van der Waals surface area (Å²) in [5.41, 5.74) is 19.7. The van der Waals surface area contributed by atoms with Gasteiger partial charge >= 0.3 is 0 Å². The third kappa shape index (κ3) is 8.50. The highest BCUT2D eigenvalue weighted by molar-refractivity contribution is 6.37. The number of amides is 2. The fourth-order valence-electron chi connectivity index (χ4n) is 9.12. The lowest BCUT2D eigenvalue weighted by molar-refractivity contribution is 0.0358. The Balaban J connectivity index is 1.22. The van der Waals surface area contributed by atoms with Crippen molar-refractivity contribution in [1.29, 1.82) is 0 Å². The number of morpholine rings is 1. The monoisotopic (exact) mass is 961 g/mol. The van der Waals surface area contributed by atoms with Gasteiger partial charge in [-0.25, -0.2) is 19.9 Å². The molecule has 1 fully saturated rings. The molecule has 0 atom stereocenters. The van der Waals surface area contributed by atoms with Crippen LogP contribution in [0.3, 0.4) is 0 Å². The van der Waals surface area contributed by atoms with Crippen LogP contribution >= 0.6 is 23.2 Å². The van der Waals surface area contributed by atoms with Crippen LogP contribution in [0.4, 0.5) is 0 Å². The highest BCUT2D eigenvalue weighted by Crippen LogP contribution is 2.42. The Kier molecular flexibility index (Phi) is 12.9. The van der Waals surface area contributed by atoms with Gasteiger partial charge in [0.1, 0.15) is 44.5 Å². The molecule has 0 spiro atoms. The number of halogens is 2. The third-order valence-electron chi connectivity index (χ3n) is 12.6. The molecule has 2 amide bonds. The lowest BCUT2D eigenvalue weighted by Gasteiger charge is -2.26. The summed E-state index contributed by atoms with van der Waals surface area (Å²) in [4.78, 5) is 47.9. The number of carbonyl (C=O) groups excluding carboxylic acids is 2. The van der Waals surface area contributed by atoms with E-state index in [0.717, 1.165) is 48.6 Å². The predicted molar refractivity (Wildman–Crippen MR) is 263 cm³/mol. The van der Waals surface area contributed by atoms with Crippen molar-refractivity contribution >= 4 is 78.9 Å². The van der Waals surface area contributed by atoms with Crippen LogP contribution in [-0.2, 0) is 30.9 Å². The number of nitrogens with two attached hydrogens (primary N) is 2. The van der Waals surface area contributed by atoms with E-state index in [1.54, 1.807) is 31.4 Å². The van der Waals surface area contributed by atoms with Gasteiger partial charge in [-0.05, 0) is 84.4 Å². The average Bonchev–Trinajstić information content (AvgIpc) is 4.08. The van der Waals surface area contributed by atoms with E-state index in [4.69, 9.17) is 68.8 Å². The minimum absolute atomic E-state index is 0.197. The van der Waals surface area contributed by atoms with Crippen LogP contribution in [0.5, 0.6) is 11.5 Å². The van der Waals surface area contributed by atoms with Crippen molar-refractivity contribution in [2.24, 2.45) is 11.5 Å². The quantitative estimate of drug-likeness (QED) is 0.0547. The van der Waals surface area contributed by atoms with E-state index in [-0.39, 0.29) is 21.4 Å². The van der Waals surface area contributed by atoms with Gasteiger partial charge in [-0.15, -0.1) is 0 Å². The molecular formula is C48H53Cl2N13O5. The van der Waals surface area contributed by atoms with Gasteiger partial charge < -0.3 is 34.8 Å². The number of carbonyl (C=O) groups is 2. The normalized spacial score (nSPS) is 13.9. The average molecular weight is 963 g/mol. The fraction of sp³-hybridized carbons (Fsp3) is 0.375. The van der Waals surface area contributed by atoms with E-state index in [9.17, 15) is 9.59 Å². The molecular weight excluding hydrogens is 910 g/mol. The van der Waals surface area contributed by atoms with E-state index in [2.05, 4.69) is 33.5 Å². The van der Waals surface area contributed by atoms with Crippen LogP contribution in [0.25, 0.3) is 66.9 Å². The van der Waals surface area contributed by atoms with E-state index in [0.29, 0.717) is 124 Å². The predicted octanol–water partition coefficient (Wildman–Crippen LogP) is 7.52. The molecule has 20 heteroatoms. The summed E-state index contributed by atoms with van der Waals surface area (Å²) in [6.45, 7) is 18.1. The van der Waals surface area contributed by atoms with Gasteiger partial charge in [0, 0.05) is 67.7 Å². The van der Waals surface area contributed by atoms with Crippen molar-refractivity contribution in [3.8, 4) is 34.5 Å². The third-order valence-corrected chi connectivity index (χ3v) is 13.1. The topological polar surface area (TPSA) is 214 Å². The van der Waals surface area contributed by atoms with E-state index >= 15 is 0 Å². The Morgan fingerprint density at radius 2 is 1.18 bits per heavy atom. The summed E-state index contributed by atoms with van der Waals surface area (Å²) in [5, 5.41) is 12.0. The van der Waals surface area contributed by atoms with Crippen LogP contribution < -0.4 is 20.9 Å². The number of aromatic nitrogens is 10. The number of hydrogen-bond donors (Lipinski definition) is 2. The number of aryl methyl sites for hydroxylation is 4. The second kappa shape index (κ2) is 18.8. The second-order valence-corrected chi connectivity index (χ2v) is 17.8. The van der Waals surface area contributed by atoms with Gasteiger partial charge in [0.25, 0.3) is 0 Å². The first-order chi connectivity index (χ1) is 32.7. The summed E-state index contributed by atoms with van der Waals surface area (Å²) in [7, 11) is 1.54. The number of methoxy groups -OCH3 is 1. The molecule has 7 heterocycles. The Morgan fingerprint density at radius 1 is 0.706 bits per heavy atom. The molecule has 6 aromatic heterocycles. The largest absolute Gasteiger partial charge is 0.495 e. The Bertz CT molecular complexity index is 3340. The first kappa shape index (κ1) is 46.5. The molecule has 0 saturated carbocycles. The summed E-state index contributed by atoms with van der Waals surface area (Å²) in [6.07, 6.45) is 0.741. The fourth-order valence-corrected chi connectivity index (χ4v) is 9.66. The van der Waals surface area contributed by atoms with E-state index in [1.165, 1.54) is 0 Å². The lowest BCUT2D eigenvalue weighted by Crippen LogP contribution is -2.37. The molecule has 1 saturated heterocycles. The number of fused-ring (bicyclic) bond motifs is 6. The molecule has 0 aliphatic carbocycles. The SMILES string of the molecule is CCn1nc(C)cc1-c1nc(Cl)c2c3cc(C(N)=O)cc(OC)c3n(C/C(C)=C(\C)Cn3c4nc(-c5cc(C)nn5CC)nc(Cl)c4c4cc(C(N)=O)cc(OCCCN5CCOCC5)c43)c2n1. The van der Waals surface area contributed by atoms with Gasteiger partial charge in [-0.2, -0.15) is 10.2 Å². The van der Waals surface area contributed by atoms with Crippen LogP contribution in [0, 0.1) is 13.8 Å². The maximum absolute atomic E-state index is 12.9. The Hall–Kier alpha value is -6.60. The number of primary amides is 2. The Morgan fingerprint density at radius 3 is 1.63 bits per heavy atom. The summed E-state index contributed by atoms with van der Waals surface area (Å²) >= 11 is 14.3. The number of ether oxygens (including phenoxy) is 3. The van der Waals surface area contributed by atoms with Gasteiger partial charge in [0.05, 0.1) is 60.1 Å². The molecule has 1 aliphatic heterocycles. The molecule has 4 N–H and O–H groups in total. The van der Waals surface area contributed by atoms with E-state index in [1.807, 2.05) is 53.8 Å². The van der Waals surface area contributed by atoms with Crippen molar-refractivity contribution in [2.75, 3.05) is 46.6 Å². The van der Waals surface area contributed by atoms with Crippen molar-refractivity contribution in [2.45, 2.75) is 74.1 Å². The van der Waals surface area contributed by atoms with Crippen molar-refractivity contribution in [3.05, 3.63) is 80.4 Å². The van der Waals surface area contributed by atoms with Crippen molar-refractivity contribution in [3.63, 3.8) is 0 Å². The Labute approximate surface area is 401 Å². The number of allylic oxidation sites excluding steroid dienone is 2. The standard InChI is InChI=1S/C48H53Cl2N13O5/c1-8-62-33(17-27(5)57-62)45-53-41(49)37-31-19-29(43(51)64)21-35(66-7)39(31)60(47(37)55-45)23-25(3)26(4)24-61-40-32(38-42(50)54-46(56-48(38)61)34-18-28(6)58-63(34)9-2)20-30(44(52)65)22-36(40)68-14-10-11-59-12-15-67-16-13-59/h17-22H,8-16,23-24H2,1-7H3,(H2,51,64)(H2,52,65)/b26-25+. The minimum Gasteiger partial charge on any atom is -0.495 e. The maximum atomic E-state index is 12.9. The molecule has 9 rings (SSSR count). The zero-order valence-corrected chi connectivity index (χ0v) is 40.6. The minimum atomic E-state index is -0.620. The van der Waals surface area contributed by atoms with Crippen molar-refractivity contribution in [1.82, 2.24) is 53.5 Å². The first-order valence-corrected chi connectivity index (χ1v) is 23.3. The van der Waals surface area contributed by atoms with Gasteiger partial charge in [0.15, 0.2) is 11.6 Å². The molecule has 0 bridgehead atoms. The first-order valence-electron chi connectivity index (χ1n) is 22.6. The molecule has 2 aromatic carbocycles. The zero-order valence-electron chi connectivity index (χ0n) is 39.1. The molecule has 1 aliphatic rings. The zero-order chi connectivity index (χ0) is 48.1. The van der Waals surface area contributed by atoms with E-state index < -0.39 is 11.8 Å². The summed E-state index contributed by atoms with van der Waals surface area (Å²) in [5.74, 6) is 0.438. The van der Waals surface area contributed by atoms with Crippen LogP contribution in [0.15, 0.2) is 47.5 Å². The number of rotatable bonds is 16. The molecule has 68 heavy (non-hydrogen) atoms. The van der Waals surface area contributed by atoms with Crippen LogP contribution in [0.2, 0.25) is 10.3 Å².